The number of H-pyrrole nitrogens is 2. The summed E-state index contributed by atoms with van der Waals surface area (Å²) in [5, 5.41) is 12.1. The molecule has 0 saturated carbocycles. The predicted octanol–water partition coefficient (Wildman–Crippen LogP) is 4.70. The van der Waals surface area contributed by atoms with Gasteiger partial charge in [-0.15, -0.1) is 0 Å². The summed E-state index contributed by atoms with van der Waals surface area (Å²) in [6.07, 6.45) is 6.63. The predicted molar refractivity (Wildman–Crippen MR) is 150 cm³/mol. The van der Waals surface area contributed by atoms with E-state index in [1.165, 1.54) is 5.56 Å². The first kappa shape index (κ1) is 23.4. The van der Waals surface area contributed by atoms with Crippen molar-refractivity contribution in [3.05, 3.63) is 48.4 Å². The Hall–Kier alpha value is -3.98. The van der Waals surface area contributed by atoms with Crippen LogP contribution in [0.15, 0.2) is 42.9 Å². The molecule has 6 rings (SSSR count). The van der Waals surface area contributed by atoms with Gasteiger partial charge >= 0.3 is 0 Å². The van der Waals surface area contributed by atoms with Crippen molar-refractivity contribution in [1.82, 2.24) is 35.0 Å². The summed E-state index contributed by atoms with van der Waals surface area (Å²) in [7, 11) is 2.16. The van der Waals surface area contributed by atoms with Crippen LogP contribution < -0.4 is 10.2 Å². The fourth-order valence-corrected chi connectivity index (χ4v) is 5.03. The molecule has 0 bridgehead atoms. The lowest BCUT2D eigenvalue weighted by molar-refractivity contribution is 0.313. The van der Waals surface area contributed by atoms with Crippen molar-refractivity contribution in [3.8, 4) is 22.6 Å². The highest BCUT2D eigenvalue weighted by molar-refractivity contribution is 5.95. The first-order valence-corrected chi connectivity index (χ1v) is 13.0. The van der Waals surface area contributed by atoms with Gasteiger partial charge in [0.05, 0.1) is 29.0 Å². The first-order valence-electron chi connectivity index (χ1n) is 13.0. The number of imidazole rings is 1. The van der Waals surface area contributed by atoms with Gasteiger partial charge < -0.3 is 20.1 Å². The quantitative estimate of drug-likeness (QED) is 0.314. The van der Waals surface area contributed by atoms with Crippen molar-refractivity contribution in [2.24, 2.45) is 0 Å². The van der Waals surface area contributed by atoms with Crippen LogP contribution in [0.5, 0.6) is 0 Å². The minimum atomic E-state index is 0.361. The number of nitrogens with one attached hydrogen (secondary N) is 3. The van der Waals surface area contributed by atoms with Crippen molar-refractivity contribution in [1.29, 1.82) is 0 Å². The topological polar surface area (TPSA) is 102 Å². The zero-order valence-electron chi connectivity index (χ0n) is 21.8. The molecule has 9 heteroatoms. The van der Waals surface area contributed by atoms with Gasteiger partial charge in [0.1, 0.15) is 11.2 Å². The second-order valence-corrected chi connectivity index (χ2v) is 10.2. The fourth-order valence-electron chi connectivity index (χ4n) is 5.03. The van der Waals surface area contributed by atoms with Gasteiger partial charge in [0, 0.05) is 49.7 Å². The Morgan fingerprint density at radius 3 is 2.62 bits per heavy atom. The van der Waals surface area contributed by atoms with Crippen LogP contribution in [0.3, 0.4) is 0 Å². The standard InChI is InChI=1S/C28H33N9/c1-5-18-10-19(12-21(11-18)31-17(2)3)20-13-22-25(34-35-27(22)30-14-20)28-32-23-15-29-16-24(26(23)33-28)37-8-6-36(4)7-9-37/h10-17,31H,5-9H2,1-4H3,(H,32,33)(H,30,34,35). The molecule has 190 valence electrons. The van der Waals surface area contributed by atoms with Gasteiger partial charge in [-0.2, -0.15) is 5.10 Å². The highest BCUT2D eigenvalue weighted by Gasteiger charge is 2.20. The third-order valence-electron chi connectivity index (χ3n) is 7.05. The Balaban J connectivity index is 1.41. The number of aryl methyl sites for hydroxylation is 1. The van der Waals surface area contributed by atoms with Crippen molar-refractivity contribution < 1.29 is 0 Å². The number of aromatic amines is 2. The molecular formula is C28H33N9. The van der Waals surface area contributed by atoms with Crippen molar-refractivity contribution in [3.63, 3.8) is 0 Å². The molecule has 0 atom stereocenters. The van der Waals surface area contributed by atoms with E-state index >= 15 is 0 Å². The first-order chi connectivity index (χ1) is 18.0. The lowest BCUT2D eigenvalue weighted by Gasteiger charge is -2.33. The molecule has 1 aliphatic rings. The van der Waals surface area contributed by atoms with Crippen LogP contribution in [0.4, 0.5) is 11.4 Å². The number of pyridine rings is 2. The molecule has 1 aromatic carbocycles. The molecular weight excluding hydrogens is 462 g/mol. The van der Waals surface area contributed by atoms with E-state index in [2.05, 4.69) is 92.4 Å². The number of benzene rings is 1. The second-order valence-electron chi connectivity index (χ2n) is 10.2. The van der Waals surface area contributed by atoms with E-state index in [1.54, 1.807) is 0 Å². The summed E-state index contributed by atoms with van der Waals surface area (Å²) in [6, 6.07) is 9.17. The van der Waals surface area contributed by atoms with Gasteiger partial charge in [-0.1, -0.05) is 13.0 Å². The van der Waals surface area contributed by atoms with Crippen LogP contribution in [0.1, 0.15) is 26.3 Å². The Morgan fingerprint density at radius 1 is 1.00 bits per heavy atom. The third kappa shape index (κ3) is 4.51. The highest BCUT2D eigenvalue weighted by Crippen LogP contribution is 2.33. The SMILES string of the molecule is CCc1cc(NC(C)C)cc(-c2cnc3n[nH]c(-c4nc5c(N6CCN(C)CC6)cncc5[nH]4)c3c2)c1. The Kier molecular flexibility index (Phi) is 6.00. The van der Waals surface area contributed by atoms with E-state index in [0.29, 0.717) is 11.7 Å². The number of likely N-dealkylation sites (N-methyl/N-ethyl adjacent to an activating group) is 1. The van der Waals surface area contributed by atoms with Crippen LogP contribution >= 0.6 is 0 Å². The van der Waals surface area contributed by atoms with Gasteiger partial charge in [0.2, 0.25) is 0 Å². The number of piperazine rings is 1. The van der Waals surface area contributed by atoms with Crippen molar-refractivity contribution in [2.45, 2.75) is 33.2 Å². The molecule has 0 aliphatic carbocycles. The van der Waals surface area contributed by atoms with E-state index in [0.717, 1.165) is 83.0 Å². The molecule has 9 nitrogen and oxygen atoms in total. The summed E-state index contributed by atoms with van der Waals surface area (Å²) in [5.41, 5.74) is 9.01. The highest BCUT2D eigenvalue weighted by atomic mass is 15.3. The number of hydrogen-bond acceptors (Lipinski definition) is 7. The number of aromatic nitrogens is 6. The average molecular weight is 496 g/mol. The molecule has 0 spiro atoms. The molecule has 1 aliphatic heterocycles. The Morgan fingerprint density at radius 2 is 1.84 bits per heavy atom. The monoisotopic (exact) mass is 495 g/mol. The van der Waals surface area contributed by atoms with Crippen LogP contribution in [-0.2, 0) is 6.42 Å². The molecule has 3 N–H and O–H groups in total. The molecule has 0 unspecified atom stereocenters. The maximum atomic E-state index is 5.02. The summed E-state index contributed by atoms with van der Waals surface area (Å²) < 4.78 is 0. The maximum absolute atomic E-state index is 5.02. The normalized spacial score (nSPS) is 14.8. The summed E-state index contributed by atoms with van der Waals surface area (Å²) >= 11 is 0. The Labute approximate surface area is 216 Å². The van der Waals surface area contributed by atoms with Gasteiger partial charge in [-0.3, -0.25) is 10.1 Å². The molecule has 37 heavy (non-hydrogen) atoms. The molecule has 1 saturated heterocycles. The van der Waals surface area contributed by atoms with Gasteiger partial charge in [-0.05, 0) is 56.6 Å². The van der Waals surface area contributed by atoms with Crippen LogP contribution in [-0.4, -0.2) is 74.3 Å². The number of nitrogens with zero attached hydrogens (tertiary/aromatic N) is 6. The lowest BCUT2D eigenvalue weighted by atomic mass is 10.0. The van der Waals surface area contributed by atoms with Crippen LogP contribution in [0.25, 0.3) is 44.7 Å². The summed E-state index contributed by atoms with van der Waals surface area (Å²) in [5.74, 6) is 0.740. The van der Waals surface area contributed by atoms with E-state index in [-0.39, 0.29) is 0 Å². The zero-order valence-corrected chi connectivity index (χ0v) is 21.8. The van der Waals surface area contributed by atoms with E-state index in [9.17, 15) is 0 Å². The minimum Gasteiger partial charge on any atom is -0.383 e. The number of fused-ring (bicyclic) bond motifs is 2. The smallest absolute Gasteiger partial charge is 0.181 e. The third-order valence-corrected chi connectivity index (χ3v) is 7.05. The molecule has 1 fully saturated rings. The molecule has 5 aromatic rings. The number of hydrogen-bond donors (Lipinski definition) is 3. The molecule has 5 heterocycles. The Bertz CT molecular complexity index is 1560. The molecule has 0 amide bonds. The minimum absolute atomic E-state index is 0.361. The fraction of sp³-hybridized carbons (Fsp3) is 0.357. The van der Waals surface area contributed by atoms with Crippen molar-refractivity contribution >= 4 is 33.4 Å². The maximum Gasteiger partial charge on any atom is 0.181 e. The van der Waals surface area contributed by atoms with Gasteiger partial charge in [-0.25, -0.2) is 9.97 Å². The number of anilines is 2. The lowest BCUT2D eigenvalue weighted by Crippen LogP contribution is -2.44. The molecule has 0 radical (unpaired) electrons. The average Bonchev–Trinajstić information content (AvgIpc) is 3.52. The zero-order chi connectivity index (χ0) is 25.5. The van der Waals surface area contributed by atoms with Gasteiger partial charge in [0.25, 0.3) is 0 Å². The van der Waals surface area contributed by atoms with E-state index in [4.69, 9.17) is 4.98 Å². The van der Waals surface area contributed by atoms with E-state index in [1.807, 2.05) is 18.6 Å². The summed E-state index contributed by atoms with van der Waals surface area (Å²) in [6.45, 7) is 10.5. The van der Waals surface area contributed by atoms with Gasteiger partial charge in [0.15, 0.2) is 11.5 Å². The van der Waals surface area contributed by atoms with E-state index < -0.39 is 0 Å². The number of rotatable bonds is 6. The van der Waals surface area contributed by atoms with Crippen molar-refractivity contribution in [2.75, 3.05) is 43.4 Å². The van der Waals surface area contributed by atoms with Crippen LogP contribution in [0.2, 0.25) is 0 Å². The molecule has 4 aromatic heterocycles. The summed E-state index contributed by atoms with van der Waals surface area (Å²) in [4.78, 5) is 22.4. The largest absolute Gasteiger partial charge is 0.383 e. The van der Waals surface area contributed by atoms with Crippen LogP contribution in [0, 0.1) is 0 Å². The second kappa shape index (κ2) is 9.48.